The Hall–Kier alpha value is -2.04. The monoisotopic (exact) mass is 265 g/mol. The van der Waals surface area contributed by atoms with Crippen LogP contribution in [0.25, 0.3) is 0 Å². The number of carbonyl (C=O) groups is 2. The van der Waals surface area contributed by atoms with Crippen LogP contribution in [0.15, 0.2) is 12.1 Å². The molecule has 5 nitrogen and oxygen atoms in total. The fourth-order valence-electron chi connectivity index (χ4n) is 1.84. The molecule has 0 saturated carbocycles. The van der Waals surface area contributed by atoms with Crippen LogP contribution in [0.4, 0.5) is 5.69 Å². The normalized spacial score (nSPS) is 11.8. The summed E-state index contributed by atoms with van der Waals surface area (Å²) in [6, 6.07) is 3.59. The van der Waals surface area contributed by atoms with Crippen LogP contribution < -0.4 is 10.1 Å². The van der Waals surface area contributed by atoms with Crippen LogP contribution >= 0.6 is 0 Å². The van der Waals surface area contributed by atoms with Gasteiger partial charge >= 0.3 is 5.97 Å². The first-order valence-electron chi connectivity index (χ1n) is 6.09. The SMILES string of the molecule is CCC(C(=O)O)C(=O)Nc1cc(C)c(OC)cc1C. The molecule has 0 heterocycles. The minimum atomic E-state index is -1.11. The summed E-state index contributed by atoms with van der Waals surface area (Å²) in [6.07, 6.45) is 0.259. The zero-order valence-corrected chi connectivity index (χ0v) is 11.6. The minimum absolute atomic E-state index is 0.259. The van der Waals surface area contributed by atoms with Crippen LogP contribution in [0.3, 0.4) is 0 Å². The maximum atomic E-state index is 11.9. The Balaban J connectivity index is 2.97. The second-order valence-corrected chi connectivity index (χ2v) is 4.43. The smallest absolute Gasteiger partial charge is 0.316 e. The Kier molecular flexibility index (Phi) is 4.92. The quantitative estimate of drug-likeness (QED) is 0.801. The van der Waals surface area contributed by atoms with Gasteiger partial charge in [0.2, 0.25) is 5.91 Å². The summed E-state index contributed by atoms with van der Waals surface area (Å²) in [5.41, 5.74) is 2.32. The largest absolute Gasteiger partial charge is 0.496 e. The Morgan fingerprint density at radius 2 is 1.95 bits per heavy atom. The molecule has 2 N–H and O–H groups in total. The number of aryl methyl sites for hydroxylation is 2. The van der Waals surface area contributed by atoms with Gasteiger partial charge in [-0.05, 0) is 43.5 Å². The van der Waals surface area contributed by atoms with Gasteiger partial charge in [-0.25, -0.2) is 0 Å². The number of nitrogens with one attached hydrogen (secondary N) is 1. The van der Waals surface area contributed by atoms with E-state index in [2.05, 4.69) is 5.32 Å². The van der Waals surface area contributed by atoms with Crippen LogP contribution in [-0.4, -0.2) is 24.1 Å². The van der Waals surface area contributed by atoms with Crippen molar-refractivity contribution in [2.75, 3.05) is 12.4 Å². The summed E-state index contributed by atoms with van der Waals surface area (Å²) >= 11 is 0. The van der Waals surface area contributed by atoms with Crippen molar-refractivity contribution in [2.24, 2.45) is 5.92 Å². The minimum Gasteiger partial charge on any atom is -0.496 e. The highest BCUT2D eigenvalue weighted by Crippen LogP contribution is 2.26. The van der Waals surface area contributed by atoms with Crippen molar-refractivity contribution >= 4 is 17.6 Å². The molecule has 0 bridgehead atoms. The lowest BCUT2D eigenvalue weighted by Crippen LogP contribution is -2.29. The van der Waals surface area contributed by atoms with Crippen LogP contribution in [0.5, 0.6) is 5.75 Å². The second-order valence-electron chi connectivity index (χ2n) is 4.43. The summed E-state index contributed by atoms with van der Waals surface area (Å²) in [6.45, 7) is 5.37. The molecule has 1 aromatic carbocycles. The van der Waals surface area contributed by atoms with E-state index in [9.17, 15) is 9.59 Å². The number of benzene rings is 1. The van der Waals surface area contributed by atoms with Crippen molar-refractivity contribution in [3.63, 3.8) is 0 Å². The van der Waals surface area contributed by atoms with Gasteiger partial charge in [0.1, 0.15) is 11.7 Å². The van der Waals surface area contributed by atoms with Gasteiger partial charge in [-0.15, -0.1) is 0 Å². The number of amides is 1. The highest BCUT2D eigenvalue weighted by molar-refractivity contribution is 6.04. The Morgan fingerprint density at radius 1 is 1.32 bits per heavy atom. The fourth-order valence-corrected chi connectivity index (χ4v) is 1.84. The van der Waals surface area contributed by atoms with Gasteiger partial charge in [-0.3, -0.25) is 9.59 Å². The van der Waals surface area contributed by atoms with Crippen molar-refractivity contribution in [1.29, 1.82) is 0 Å². The first-order valence-corrected chi connectivity index (χ1v) is 6.09. The molecule has 0 fully saturated rings. The fraction of sp³-hybridized carbons (Fsp3) is 0.429. The van der Waals surface area contributed by atoms with E-state index in [0.717, 1.165) is 16.9 Å². The number of carboxylic acids is 1. The van der Waals surface area contributed by atoms with Crippen molar-refractivity contribution in [3.8, 4) is 5.75 Å². The number of hydrogen-bond donors (Lipinski definition) is 2. The first kappa shape index (κ1) is 15.0. The standard InChI is InChI=1S/C14H19NO4/c1-5-10(14(17)18)13(16)15-11-6-9(3)12(19-4)7-8(11)2/h6-7,10H,5H2,1-4H3,(H,15,16)(H,17,18). The van der Waals surface area contributed by atoms with Gasteiger partial charge < -0.3 is 15.2 Å². The topological polar surface area (TPSA) is 75.6 Å². The molecule has 0 radical (unpaired) electrons. The molecule has 0 aliphatic heterocycles. The molecule has 0 spiro atoms. The third-order valence-electron chi connectivity index (χ3n) is 3.02. The highest BCUT2D eigenvalue weighted by Gasteiger charge is 2.24. The van der Waals surface area contributed by atoms with Gasteiger partial charge in [-0.2, -0.15) is 0 Å². The van der Waals surface area contributed by atoms with Gasteiger partial charge in [0.25, 0.3) is 0 Å². The zero-order valence-electron chi connectivity index (χ0n) is 11.6. The Labute approximate surface area is 112 Å². The maximum Gasteiger partial charge on any atom is 0.316 e. The number of aliphatic carboxylic acids is 1. The third-order valence-corrected chi connectivity index (χ3v) is 3.02. The molecular formula is C14H19NO4. The lowest BCUT2D eigenvalue weighted by molar-refractivity contribution is -0.145. The van der Waals surface area contributed by atoms with Crippen LogP contribution in [-0.2, 0) is 9.59 Å². The van der Waals surface area contributed by atoms with E-state index >= 15 is 0 Å². The van der Waals surface area contributed by atoms with E-state index in [1.54, 1.807) is 20.1 Å². The molecular weight excluding hydrogens is 246 g/mol. The Bertz CT molecular complexity index is 496. The van der Waals surface area contributed by atoms with E-state index in [-0.39, 0.29) is 6.42 Å². The van der Waals surface area contributed by atoms with Crippen molar-refractivity contribution in [3.05, 3.63) is 23.3 Å². The number of hydrogen-bond acceptors (Lipinski definition) is 3. The number of methoxy groups -OCH3 is 1. The summed E-state index contributed by atoms with van der Waals surface area (Å²) in [5, 5.41) is 11.6. The molecule has 1 atom stereocenters. The van der Waals surface area contributed by atoms with E-state index in [1.807, 2.05) is 19.9 Å². The van der Waals surface area contributed by atoms with Crippen LogP contribution in [0.1, 0.15) is 24.5 Å². The molecule has 1 rings (SSSR count). The van der Waals surface area contributed by atoms with Crippen molar-refractivity contribution < 1.29 is 19.4 Å². The summed E-state index contributed by atoms with van der Waals surface area (Å²) < 4.78 is 5.19. The van der Waals surface area contributed by atoms with E-state index < -0.39 is 17.8 Å². The molecule has 104 valence electrons. The molecule has 19 heavy (non-hydrogen) atoms. The number of anilines is 1. The van der Waals surface area contributed by atoms with Crippen LogP contribution in [0.2, 0.25) is 0 Å². The van der Waals surface area contributed by atoms with E-state index in [4.69, 9.17) is 9.84 Å². The predicted octanol–water partition coefficient (Wildman–Crippen LogP) is 2.36. The van der Waals surface area contributed by atoms with E-state index in [0.29, 0.717) is 5.69 Å². The number of carboxylic acid groups (broad SMARTS) is 1. The molecule has 1 amide bonds. The van der Waals surface area contributed by atoms with Gasteiger partial charge in [0, 0.05) is 5.69 Å². The summed E-state index contributed by atoms with van der Waals surface area (Å²) in [7, 11) is 1.58. The Morgan fingerprint density at radius 3 is 2.42 bits per heavy atom. The number of ether oxygens (including phenoxy) is 1. The molecule has 0 aliphatic carbocycles. The van der Waals surface area contributed by atoms with Gasteiger partial charge in [0.05, 0.1) is 7.11 Å². The molecule has 1 aromatic rings. The van der Waals surface area contributed by atoms with Gasteiger partial charge in [-0.1, -0.05) is 6.92 Å². The highest BCUT2D eigenvalue weighted by atomic mass is 16.5. The molecule has 1 unspecified atom stereocenters. The lowest BCUT2D eigenvalue weighted by atomic mass is 10.0. The average Bonchev–Trinajstić information content (AvgIpc) is 2.33. The molecule has 0 aromatic heterocycles. The average molecular weight is 265 g/mol. The van der Waals surface area contributed by atoms with Gasteiger partial charge in [0.15, 0.2) is 0 Å². The molecule has 0 aliphatic rings. The number of rotatable bonds is 5. The lowest BCUT2D eigenvalue weighted by Gasteiger charge is -2.15. The summed E-state index contributed by atoms with van der Waals surface area (Å²) in [5.74, 6) is -1.90. The maximum absolute atomic E-state index is 11.9. The van der Waals surface area contributed by atoms with Crippen LogP contribution in [0, 0.1) is 19.8 Å². The zero-order chi connectivity index (χ0) is 14.6. The first-order chi connectivity index (χ1) is 8.90. The third kappa shape index (κ3) is 3.47. The van der Waals surface area contributed by atoms with Crippen molar-refractivity contribution in [2.45, 2.75) is 27.2 Å². The van der Waals surface area contributed by atoms with E-state index in [1.165, 1.54) is 0 Å². The molecule has 5 heteroatoms. The number of carbonyl (C=O) groups excluding carboxylic acids is 1. The molecule has 0 saturated heterocycles. The summed E-state index contributed by atoms with van der Waals surface area (Å²) in [4.78, 5) is 22.8. The van der Waals surface area contributed by atoms with Crippen molar-refractivity contribution in [1.82, 2.24) is 0 Å². The predicted molar refractivity (Wildman–Crippen MR) is 72.5 cm³/mol. The second kappa shape index (κ2) is 6.22.